The Labute approximate surface area is 131 Å². The van der Waals surface area contributed by atoms with Crippen molar-refractivity contribution in [1.29, 1.82) is 0 Å². The van der Waals surface area contributed by atoms with Gasteiger partial charge in [-0.25, -0.2) is 0 Å². The Hall–Kier alpha value is -1.94. The van der Waals surface area contributed by atoms with Crippen molar-refractivity contribution in [3.63, 3.8) is 0 Å². The van der Waals surface area contributed by atoms with Crippen LogP contribution in [0.4, 0.5) is 5.69 Å². The van der Waals surface area contributed by atoms with Gasteiger partial charge in [0.25, 0.3) is 0 Å². The molecule has 1 fully saturated rings. The molecule has 1 aliphatic rings. The molecular weight excluding hydrogens is 278 g/mol. The second kappa shape index (κ2) is 6.68. The van der Waals surface area contributed by atoms with E-state index in [2.05, 4.69) is 21.3 Å². The summed E-state index contributed by atoms with van der Waals surface area (Å²) in [6, 6.07) is 14.6. The van der Waals surface area contributed by atoms with Crippen LogP contribution in [0.25, 0.3) is 0 Å². The quantitative estimate of drug-likeness (QED) is 0.848. The highest BCUT2D eigenvalue weighted by Gasteiger charge is 2.25. The van der Waals surface area contributed by atoms with Crippen molar-refractivity contribution in [2.75, 3.05) is 11.9 Å². The Balaban J connectivity index is 1.76. The fraction of sp³-hybridized carbons (Fsp3) is 0.294. The number of hydrogen-bond donors (Lipinski definition) is 1. The van der Waals surface area contributed by atoms with Crippen molar-refractivity contribution in [3.8, 4) is 0 Å². The third kappa shape index (κ3) is 3.39. The van der Waals surface area contributed by atoms with Crippen LogP contribution in [-0.4, -0.2) is 21.5 Å². The van der Waals surface area contributed by atoms with Crippen molar-refractivity contribution in [1.82, 2.24) is 9.88 Å². The molecule has 1 N–H and O–H groups in total. The number of piperidine rings is 1. The predicted molar refractivity (Wildman–Crippen MR) is 90.2 cm³/mol. The second-order valence-electron chi connectivity index (χ2n) is 5.29. The summed E-state index contributed by atoms with van der Waals surface area (Å²) in [6.45, 7) is 0.998. The number of likely N-dealkylation sites (tertiary alicyclic amines) is 1. The van der Waals surface area contributed by atoms with E-state index in [1.54, 1.807) is 0 Å². The molecule has 1 aliphatic heterocycles. The maximum Gasteiger partial charge on any atom is 0.173 e. The predicted octanol–water partition coefficient (Wildman–Crippen LogP) is 4.01. The van der Waals surface area contributed by atoms with Gasteiger partial charge in [0.1, 0.15) is 0 Å². The van der Waals surface area contributed by atoms with Gasteiger partial charge in [0.15, 0.2) is 5.11 Å². The minimum absolute atomic E-state index is 0.330. The van der Waals surface area contributed by atoms with E-state index in [1.807, 2.05) is 48.8 Å². The molecule has 108 valence electrons. The first-order chi connectivity index (χ1) is 10.3. The number of pyridine rings is 1. The molecule has 1 unspecified atom stereocenters. The summed E-state index contributed by atoms with van der Waals surface area (Å²) < 4.78 is 0. The number of benzene rings is 1. The summed E-state index contributed by atoms with van der Waals surface area (Å²) in [5, 5.41) is 4.15. The zero-order valence-corrected chi connectivity index (χ0v) is 12.7. The summed E-state index contributed by atoms with van der Waals surface area (Å²) in [6.07, 6.45) is 7.32. The maximum absolute atomic E-state index is 5.63. The van der Waals surface area contributed by atoms with E-state index in [9.17, 15) is 0 Å². The molecule has 3 nitrogen and oxygen atoms in total. The molecular formula is C17H19N3S. The zero-order valence-electron chi connectivity index (χ0n) is 11.9. The second-order valence-corrected chi connectivity index (χ2v) is 5.67. The van der Waals surface area contributed by atoms with Gasteiger partial charge in [-0.3, -0.25) is 4.98 Å². The summed E-state index contributed by atoms with van der Waals surface area (Å²) in [5.74, 6) is 0. The van der Waals surface area contributed by atoms with Crippen molar-refractivity contribution < 1.29 is 0 Å². The average Bonchev–Trinajstić information content (AvgIpc) is 2.56. The Morgan fingerprint density at radius 2 is 2.00 bits per heavy atom. The number of nitrogens with zero attached hydrogens (tertiary/aromatic N) is 2. The van der Waals surface area contributed by atoms with E-state index in [4.69, 9.17) is 12.2 Å². The van der Waals surface area contributed by atoms with Crippen molar-refractivity contribution >= 4 is 23.0 Å². The lowest BCUT2D eigenvalue weighted by molar-refractivity contribution is 0.248. The third-order valence-corrected chi connectivity index (χ3v) is 4.19. The van der Waals surface area contributed by atoms with E-state index in [-0.39, 0.29) is 0 Å². The number of hydrogen-bond acceptors (Lipinski definition) is 2. The minimum atomic E-state index is 0.330. The Morgan fingerprint density at radius 1 is 1.14 bits per heavy atom. The molecule has 0 amide bonds. The van der Waals surface area contributed by atoms with Crippen LogP contribution in [-0.2, 0) is 0 Å². The molecule has 0 saturated carbocycles. The molecule has 1 aromatic heterocycles. The summed E-state index contributed by atoms with van der Waals surface area (Å²) >= 11 is 5.63. The zero-order chi connectivity index (χ0) is 14.5. The van der Waals surface area contributed by atoms with Gasteiger partial charge in [0, 0.05) is 24.6 Å². The molecule has 3 rings (SSSR count). The summed E-state index contributed by atoms with van der Waals surface area (Å²) in [7, 11) is 0. The fourth-order valence-electron chi connectivity index (χ4n) is 2.81. The number of thiocarbonyl (C=S) groups is 1. The van der Waals surface area contributed by atoms with Crippen molar-refractivity contribution in [2.24, 2.45) is 0 Å². The topological polar surface area (TPSA) is 28.2 Å². The van der Waals surface area contributed by atoms with Crippen molar-refractivity contribution in [3.05, 3.63) is 60.4 Å². The van der Waals surface area contributed by atoms with Crippen LogP contribution in [0.5, 0.6) is 0 Å². The molecule has 0 spiro atoms. The number of aromatic nitrogens is 1. The van der Waals surface area contributed by atoms with E-state index in [1.165, 1.54) is 18.4 Å². The number of anilines is 1. The Morgan fingerprint density at radius 3 is 2.76 bits per heavy atom. The number of nitrogens with one attached hydrogen (secondary N) is 1. The fourth-order valence-corrected chi connectivity index (χ4v) is 3.15. The lowest BCUT2D eigenvalue weighted by Crippen LogP contribution is -2.41. The first kappa shape index (κ1) is 14.0. The highest BCUT2D eigenvalue weighted by Crippen LogP contribution is 2.30. The third-order valence-electron chi connectivity index (χ3n) is 3.86. The van der Waals surface area contributed by atoms with Crippen molar-refractivity contribution in [2.45, 2.75) is 25.3 Å². The van der Waals surface area contributed by atoms with Gasteiger partial charge < -0.3 is 10.2 Å². The van der Waals surface area contributed by atoms with Crippen LogP contribution in [0.2, 0.25) is 0 Å². The summed E-state index contributed by atoms with van der Waals surface area (Å²) in [5.41, 5.74) is 2.28. The molecule has 1 aromatic carbocycles. The van der Waals surface area contributed by atoms with Gasteiger partial charge in [0.05, 0.1) is 6.04 Å². The monoisotopic (exact) mass is 297 g/mol. The smallest absolute Gasteiger partial charge is 0.173 e. The average molecular weight is 297 g/mol. The molecule has 1 atom stereocenters. The standard InChI is InChI=1S/C17H19N3S/c21-17(19-15-8-2-1-3-9-15)20-12-5-4-10-16(20)14-7-6-11-18-13-14/h1-3,6-9,11,13,16H,4-5,10,12H2,(H,19,21). The van der Waals surface area contributed by atoms with Gasteiger partial charge >= 0.3 is 0 Å². The van der Waals surface area contributed by atoms with Gasteiger partial charge in [-0.15, -0.1) is 0 Å². The Bertz CT molecular complexity index is 585. The van der Waals surface area contributed by atoms with Crippen LogP contribution >= 0.6 is 12.2 Å². The van der Waals surface area contributed by atoms with Gasteiger partial charge in [-0.05, 0) is 55.2 Å². The molecule has 0 aliphatic carbocycles. The van der Waals surface area contributed by atoms with Crippen LogP contribution in [0.15, 0.2) is 54.9 Å². The Kier molecular flexibility index (Phi) is 4.46. The lowest BCUT2D eigenvalue weighted by atomic mass is 9.97. The number of rotatable bonds is 2. The summed E-state index contributed by atoms with van der Waals surface area (Å²) in [4.78, 5) is 6.54. The van der Waals surface area contributed by atoms with E-state index < -0.39 is 0 Å². The van der Waals surface area contributed by atoms with Crippen LogP contribution in [0.1, 0.15) is 30.9 Å². The minimum Gasteiger partial charge on any atom is -0.342 e. The largest absolute Gasteiger partial charge is 0.342 e. The molecule has 4 heteroatoms. The van der Waals surface area contributed by atoms with Gasteiger partial charge in [0.2, 0.25) is 0 Å². The number of para-hydroxylation sites is 1. The molecule has 1 saturated heterocycles. The SMILES string of the molecule is S=C(Nc1ccccc1)N1CCCCC1c1cccnc1. The lowest BCUT2D eigenvalue weighted by Gasteiger charge is -2.37. The molecule has 21 heavy (non-hydrogen) atoms. The van der Waals surface area contributed by atoms with Crippen LogP contribution in [0.3, 0.4) is 0 Å². The molecule has 2 aromatic rings. The van der Waals surface area contributed by atoms with Gasteiger partial charge in [-0.1, -0.05) is 24.3 Å². The molecule has 0 radical (unpaired) electrons. The maximum atomic E-state index is 5.63. The highest BCUT2D eigenvalue weighted by atomic mass is 32.1. The molecule has 0 bridgehead atoms. The first-order valence-electron chi connectivity index (χ1n) is 7.37. The normalized spacial score (nSPS) is 18.3. The van der Waals surface area contributed by atoms with Gasteiger partial charge in [-0.2, -0.15) is 0 Å². The van der Waals surface area contributed by atoms with Crippen LogP contribution in [0, 0.1) is 0 Å². The highest BCUT2D eigenvalue weighted by molar-refractivity contribution is 7.80. The van der Waals surface area contributed by atoms with E-state index in [0.29, 0.717) is 6.04 Å². The first-order valence-corrected chi connectivity index (χ1v) is 7.78. The molecule has 2 heterocycles. The van der Waals surface area contributed by atoms with E-state index >= 15 is 0 Å². The van der Waals surface area contributed by atoms with E-state index in [0.717, 1.165) is 23.8 Å². The van der Waals surface area contributed by atoms with Crippen LogP contribution < -0.4 is 5.32 Å².